The van der Waals surface area contributed by atoms with Gasteiger partial charge in [-0.05, 0) is 25.7 Å². The molecular formula is C30H34N4O4. The molecule has 0 saturated heterocycles. The maximum Gasteiger partial charge on any atom is 0.307 e. The van der Waals surface area contributed by atoms with Crippen molar-refractivity contribution >= 4 is 11.9 Å². The number of aromatic nitrogens is 4. The number of carbonyl (C=O) groups is 2. The third kappa shape index (κ3) is 8.16. The van der Waals surface area contributed by atoms with Crippen molar-refractivity contribution in [2.75, 3.05) is 13.2 Å². The summed E-state index contributed by atoms with van der Waals surface area (Å²) in [7, 11) is 0. The Bertz CT molecular complexity index is 1170. The first kappa shape index (κ1) is 26.9. The fraction of sp³-hybridized carbons (Fsp3) is 0.333. The zero-order chi connectivity index (χ0) is 26.4. The van der Waals surface area contributed by atoms with E-state index in [-0.39, 0.29) is 11.9 Å². The molecule has 0 radical (unpaired) electrons. The maximum atomic E-state index is 12.1. The molecule has 0 aliphatic rings. The Morgan fingerprint density at radius 2 is 1.03 bits per heavy atom. The van der Waals surface area contributed by atoms with Crippen LogP contribution in [-0.4, -0.2) is 44.3 Å². The third-order valence-electron chi connectivity index (χ3n) is 6.17. The van der Waals surface area contributed by atoms with Crippen LogP contribution < -0.4 is 0 Å². The van der Waals surface area contributed by atoms with Crippen LogP contribution in [0.5, 0.6) is 0 Å². The molecule has 0 aliphatic carbocycles. The number of imidazole rings is 2. The highest BCUT2D eigenvalue weighted by Gasteiger charge is 2.10. The van der Waals surface area contributed by atoms with Gasteiger partial charge in [0.2, 0.25) is 0 Å². The zero-order valence-corrected chi connectivity index (χ0v) is 21.6. The van der Waals surface area contributed by atoms with Crippen LogP contribution in [-0.2, 0) is 32.2 Å². The van der Waals surface area contributed by atoms with Crippen LogP contribution in [0.25, 0.3) is 22.8 Å². The van der Waals surface area contributed by atoms with Gasteiger partial charge in [-0.25, -0.2) is 9.97 Å². The summed E-state index contributed by atoms with van der Waals surface area (Å²) in [6.07, 6.45) is 11.3. The van der Waals surface area contributed by atoms with Gasteiger partial charge in [0.1, 0.15) is 11.6 Å². The molecule has 4 rings (SSSR count). The van der Waals surface area contributed by atoms with Crippen LogP contribution in [0.2, 0.25) is 0 Å². The summed E-state index contributed by atoms with van der Waals surface area (Å²) < 4.78 is 14.7. The summed E-state index contributed by atoms with van der Waals surface area (Å²) in [4.78, 5) is 33.0. The molecule has 38 heavy (non-hydrogen) atoms. The minimum atomic E-state index is -0.208. The number of carbonyl (C=O) groups excluding carboxylic acids is 2. The standard InChI is InChI=1S/C30H34N4O4/c35-27(15-19-33-21-17-31-29(33)25-11-5-3-6-12-25)37-23-9-1-2-10-24-38-28(36)16-20-34-22-18-32-30(34)26-13-7-4-8-14-26/h3-8,11-14,17-18,21-22H,1-2,9-10,15-16,19-20,23-24H2. The number of aryl methyl sites for hydroxylation is 2. The number of hydrogen-bond acceptors (Lipinski definition) is 6. The van der Waals surface area contributed by atoms with Gasteiger partial charge >= 0.3 is 11.9 Å². The number of benzene rings is 2. The lowest BCUT2D eigenvalue weighted by Crippen LogP contribution is -2.11. The molecule has 2 heterocycles. The van der Waals surface area contributed by atoms with Crippen LogP contribution in [0.4, 0.5) is 0 Å². The van der Waals surface area contributed by atoms with E-state index in [9.17, 15) is 9.59 Å². The van der Waals surface area contributed by atoms with Crippen molar-refractivity contribution in [2.45, 2.75) is 51.6 Å². The molecule has 2 aromatic heterocycles. The average molecular weight is 515 g/mol. The van der Waals surface area contributed by atoms with Crippen molar-refractivity contribution in [3.05, 3.63) is 85.5 Å². The molecule has 0 bridgehead atoms. The number of rotatable bonds is 15. The van der Waals surface area contributed by atoms with E-state index in [1.807, 2.05) is 82.2 Å². The van der Waals surface area contributed by atoms with Gasteiger partial charge in [-0.3, -0.25) is 9.59 Å². The molecule has 0 aliphatic heterocycles. The number of hydrogen-bond donors (Lipinski definition) is 0. The summed E-state index contributed by atoms with van der Waals surface area (Å²) in [6, 6.07) is 19.8. The summed E-state index contributed by atoms with van der Waals surface area (Å²) >= 11 is 0. The van der Waals surface area contributed by atoms with E-state index >= 15 is 0 Å². The monoisotopic (exact) mass is 514 g/mol. The van der Waals surface area contributed by atoms with Crippen molar-refractivity contribution in [3.8, 4) is 22.8 Å². The quantitative estimate of drug-likeness (QED) is 0.153. The van der Waals surface area contributed by atoms with Crippen LogP contribution in [0.15, 0.2) is 85.5 Å². The van der Waals surface area contributed by atoms with Crippen LogP contribution in [0.3, 0.4) is 0 Å². The SMILES string of the molecule is O=C(CCn1ccnc1-c1ccccc1)OCCCCCCOC(=O)CCn1ccnc1-c1ccccc1. The van der Waals surface area contributed by atoms with Gasteiger partial charge in [0, 0.05) is 49.0 Å². The van der Waals surface area contributed by atoms with Gasteiger partial charge in [-0.1, -0.05) is 60.7 Å². The van der Waals surface area contributed by atoms with Crippen LogP contribution in [0.1, 0.15) is 38.5 Å². The Hall–Kier alpha value is -4.20. The zero-order valence-electron chi connectivity index (χ0n) is 21.6. The average Bonchev–Trinajstić information content (AvgIpc) is 3.63. The van der Waals surface area contributed by atoms with Gasteiger partial charge in [0.05, 0.1) is 26.1 Å². The summed E-state index contributed by atoms with van der Waals surface area (Å²) in [5, 5.41) is 0. The molecule has 0 atom stereocenters. The van der Waals surface area contributed by atoms with Crippen molar-refractivity contribution in [1.29, 1.82) is 0 Å². The van der Waals surface area contributed by atoms with E-state index in [1.165, 1.54) is 0 Å². The molecule has 0 saturated carbocycles. The molecule has 0 N–H and O–H groups in total. The second-order valence-corrected chi connectivity index (χ2v) is 8.98. The molecule has 0 spiro atoms. The Balaban J connectivity index is 1.02. The molecule has 2 aromatic carbocycles. The lowest BCUT2D eigenvalue weighted by atomic mass is 10.2. The molecule has 198 valence electrons. The van der Waals surface area contributed by atoms with Gasteiger partial charge in [0.25, 0.3) is 0 Å². The Morgan fingerprint density at radius 3 is 1.45 bits per heavy atom. The number of esters is 2. The molecular weight excluding hydrogens is 480 g/mol. The first-order valence-corrected chi connectivity index (χ1v) is 13.1. The third-order valence-corrected chi connectivity index (χ3v) is 6.17. The second-order valence-electron chi connectivity index (χ2n) is 8.98. The molecule has 0 fully saturated rings. The van der Waals surface area contributed by atoms with Crippen LogP contribution >= 0.6 is 0 Å². The van der Waals surface area contributed by atoms with Crippen molar-refractivity contribution in [2.24, 2.45) is 0 Å². The number of nitrogens with zero attached hydrogens (tertiary/aromatic N) is 4. The molecule has 8 nitrogen and oxygen atoms in total. The summed E-state index contributed by atoms with van der Waals surface area (Å²) in [6.45, 7) is 1.87. The van der Waals surface area contributed by atoms with Crippen molar-refractivity contribution in [3.63, 3.8) is 0 Å². The Labute approximate surface area is 223 Å². The Morgan fingerprint density at radius 1 is 0.605 bits per heavy atom. The first-order chi connectivity index (χ1) is 18.7. The Kier molecular flexibility index (Phi) is 10.3. The lowest BCUT2D eigenvalue weighted by Gasteiger charge is -2.09. The van der Waals surface area contributed by atoms with Gasteiger partial charge < -0.3 is 18.6 Å². The van der Waals surface area contributed by atoms with Gasteiger partial charge in [-0.2, -0.15) is 0 Å². The van der Waals surface area contributed by atoms with E-state index < -0.39 is 0 Å². The molecule has 4 aromatic rings. The molecule has 8 heteroatoms. The van der Waals surface area contributed by atoms with E-state index in [0.29, 0.717) is 39.1 Å². The topological polar surface area (TPSA) is 88.2 Å². The largest absolute Gasteiger partial charge is 0.466 e. The molecule has 0 amide bonds. The number of ether oxygens (including phenoxy) is 2. The highest BCUT2D eigenvalue weighted by molar-refractivity contribution is 5.69. The fourth-order valence-electron chi connectivity index (χ4n) is 4.17. The van der Waals surface area contributed by atoms with Crippen molar-refractivity contribution in [1.82, 2.24) is 19.1 Å². The highest BCUT2D eigenvalue weighted by Crippen LogP contribution is 2.18. The van der Waals surface area contributed by atoms with E-state index in [1.54, 1.807) is 12.4 Å². The van der Waals surface area contributed by atoms with E-state index in [0.717, 1.165) is 48.5 Å². The molecule has 0 unspecified atom stereocenters. The second kappa shape index (κ2) is 14.5. The van der Waals surface area contributed by atoms with Crippen molar-refractivity contribution < 1.29 is 19.1 Å². The minimum Gasteiger partial charge on any atom is -0.466 e. The summed E-state index contributed by atoms with van der Waals surface area (Å²) in [5.74, 6) is 1.27. The lowest BCUT2D eigenvalue weighted by molar-refractivity contribution is -0.145. The number of unbranched alkanes of at least 4 members (excludes halogenated alkanes) is 3. The first-order valence-electron chi connectivity index (χ1n) is 13.1. The van der Waals surface area contributed by atoms with E-state index in [4.69, 9.17) is 9.47 Å². The predicted molar refractivity (Wildman–Crippen MR) is 145 cm³/mol. The normalized spacial score (nSPS) is 10.8. The minimum absolute atomic E-state index is 0.208. The predicted octanol–water partition coefficient (Wildman–Crippen LogP) is 5.54. The van der Waals surface area contributed by atoms with Crippen LogP contribution in [0, 0.1) is 0 Å². The van der Waals surface area contributed by atoms with E-state index in [2.05, 4.69) is 9.97 Å². The van der Waals surface area contributed by atoms with Gasteiger partial charge in [-0.15, -0.1) is 0 Å². The fourth-order valence-corrected chi connectivity index (χ4v) is 4.17. The highest BCUT2D eigenvalue weighted by atomic mass is 16.5. The van der Waals surface area contributed by atoms with Gasteiger partial charge in [0.15, 0.2) is 0 Å². The maximum absolute atomic E-state index is 12.1. The summed E-state index contributed by atoms with van der Waals surface area (Å²) in [5.41, 5.74) is 2.04. The smallest absolute Gasteiger partial charge is 0.307 e.